The van der Waals surface area contributed by atoms with E-state index in [2.05, 4.69) is 31.2 Å². The normalized spacial score (nSPS) is 11.3. The molecule has 2 heterocycles. The summed E-state index contributed by atoms with van der Waals surface area (Å²) in [4.78, 5) is 17.4. The van der Waals surface area contributed by atoms with Gasteiger partial charge in [-0.1, -0.05) is 6.07 Å². The zero-order chi connectivity index (χ0) is 17.2. The van der Waals surface area contributed by atoms with Gasteiger partial charge in [0.2, 0.25) is 5.82 Å². The number of nitrogens with zero attached hydrogens (tertiary/aromatic N) is 3. The Hall–Kier alpha value is -2.43. The predicted molar refractivity (Wildman–Crippen MR) is 79.6 cm³/mol. The number of nitrogen functional groups attached to an aromatic ring is 1. The summed E-state index contributed by atoms with van der Waals surface area (Å²) in [5.74, 6) is -0.280. The Balaban J connectivity index is 2.20. The summed E-state index contributed by atoms with van der Waals surface area (Å²) < 4.78 is 37.6. The summed E-state index contributed by atoms with van der Waals surface area (Å²) in [6.07, 6.45) is -3.48. The molecule has 0 bridgehead atoms. The molecule has 0 saturated heterocycles. The Labute approximate surface area is 136 Å². The zero-order valence-corrected chi connectivity index (χ0v) is 12.8. The van der Waals surface area contributed by atoms with E-state index < -0.39 is 22.5 Å². The van der Waals surface area contributed by atoms with Crippen molar-refractivity contribution in [3.63, 3.8) is 0 Å². The third-order valence-corrected chi connectivity index (χ3v) is 3.18. The fourth-order valence-electron chi connectivity index (χ4n) is 1.75. The molecule has 2 aromatic heterocycles. The number of nitrogens with two attached hydrogens (primary N) is 1. The summed E-state index contributed by atoms with van der Waals surface area (Å²) in [5.41, 5.74) is 4.59. The van der Waals surface area contributed by atoms with Gasteiger partial charge in [-0.2, -0.15) is 13.2 Å². The van der Waals surface area contributed by atoms with Crippen molar-refractivity contribution < 1.29 is 18.1 Å². The number of aromatic nitrogens is 2. The van der Waals surface area contributed by atoms with Crippen LogP contribution < -0.4 is 11.1 Å². The number of hydrogen-bond acceptors (Lipinski definition) is 6. The molecule has 0 amide bonds. The number of alkyl halides is 3. The van der Waals surface area contributed by atoms with Crippen LogP contribution in [-0.2, 0) is 12.7 Å². The fourth-order valence-corrected chi connectivity index (χ4v) is 2.17. The van der Waals surface area contributed by atoms with Gasteiger partial charge in [0.05, 0.1) is 4.92 Å². The Morgan fingerprint density at radius 2 is 2.09 bits per heavy atom. The Morgan fingerprint density at radius 3 is 2.61 bits per heavy atom. The molecule has 2 aromatic rings. The molecule has 0 fully saturated rings. The number of pyridine rings is 2. The minimum Gasteiger partial charge on any atom is -0.378 e. The van der Waals surface area contributed by atoms with Crippen LogP contribution in [0.25, 0.3) is 0 Å². The van der Waals surface area contributed by atoms with Gasteiger partial charge in [-0.25, -0.2) is 4.98 Å². The third-order valence-electron chi connectivity index (χ3n) is 2.77. The predicted octanol–water partition coefficient (Wildman–Crippen LogP) is 3.36. The van der Waals surface area contributed by atoms with E-state index in [-0.39, 0.29) is 22.7 Å². The van der Waals surface area contributed by atoms with E-state index in [1.807, 2.05) is 0 Å². The van der Waals surface area contributed by atoms with Crippen molar-refractivity contribution in [1.82, 2.24) is 9.97 Å². The molecule has 0 unspecified atom stereocenters. The van der Waals surface area contributed by atoms with Gasteiger partial charge in [-0.3, -0.25) is 15.1 Å². The number of halogens is 4. The van der Waals surface area contributed by atoms with Gasteiger partial charge in [-0.15, -0.1) is 0 Å². The first-order valence-electron chi connectivity index (χ1n) is 6.05. The quantitative estimate of drug-likeness (QED) is 0.470. The van der Waals surface area contributed by atoms with E-state index in [1.54, 1.807) is 0 Å². The molecule has 0 aliphatic heterocycles. The van der Waals surface area contributed by atoms with Gasteiger partial charge < -0.3 is 11.1 Å². The molecule has 0 aliphatic rings. The van der Waals surface area contributed by atoms with Crippen molar-refractivity contribution in [2.75, 3.05) is 11.1 Å². The monoisotopic (exact) mass is 391 g/mol. The van der Waals surface area contributed by atoms with Crippen molar-refractivity contribution >= 4 is 33.1 Å². The first-order chi connectivity index (χ1) is 10.7. The Bertz CT molecular complexity index is 737. The summed E-state index contributed by atoms with van der Waals surface area (Å²) in [6.45, 7) is 0.0296. The van der Waals surface area contributed by atoms with E-state index >= 15 is 0 Å². The number of rotatable bonds is 4. The van der Waals surface area contributed by atoms with Crippen molar-refractivity contribution in [1.29, 1.82) is 0 Å². The molecule has 0 aliphatic carbocycles. The topological polar surface area (TPSA) is 107 Å². The molecule has 7 nitrogen and oxygen atoms in total. The lowest BCUT2D eigenvalue weighted by molar-refractivity contribution is -0.383. The van der Waals surface area contributed by atoms with Crippen LogP contribution in [0.2, 0.25) is 0 Å². The molecule has 11 heteroatoms. The van der Waals surface area contributed by atoms with Crippen LogP contribution in [0.15, 0.2) is 29.0 Å². The maximum Gasteiger partial charge on any atom is 0.433 e. The third kappa shape index (κ3) is 4.06. The average Bonchev–Trinajstić information content (AvgIpc) is 2.43. The molecule has 0 radical (unpaired) electrons. The highest BCUT2D eigenvalue weighted by Gasteiger charge is 2.32. The van der Waals surface area contributed by atoms with Gasteiger partial charge in [-0.05, 0) is 27.6 Å². The number of anilines is 2. The molecule has 0 atom stereocenters. The number of nitrogens with one attached hydrogen (secondary N) is 1. The molecule has 23 heavy (non-hydrogen) atoms. The van der Waals surface area contributed by atoms with Crippen molar-refractivity contribution in [3.05, 3.63) is 50.4 Å². The SMILES string of the molecule is Nc1nc(Br)cc(NCc2ccc(C(F)(F)F)nc2)c1[N+](=O)[O-]. The van der Waals surface area contributed by atoms with Crippen LogP contribution in [0, 0.1) is 10.1 Å². The van der Waals surface area contributed by atoms with Crippen LogP contribution in [0.5, 0.6) is 0 Å². The molecule has 2 rings (SSSR count). The second kappa shape index (κ2) is 6.36. The average molecular weight is 392 g/mol. The minimum atomic E-state index is -4.52. The van der Waals surface area contributed by atoms with Crippen LogP contribution in [0.4, 0.5) is 30.4 Å². The summed E-state index contributed by atoms with van der Waals surface area (Å²) in [6, 6.07) is 3.42. The Morgan fingerprint density at radius 1 is 1.39 bits per heavy atom. The fraction of sp³-hybridized carbons (Fsp3) is 0.167. The van der Waals surface area contributed by atoms with Crippen LogP contribution in [-0.4, -0.2) is 14.9 Å². The van der Waals surface area contributed by atoms with Crippen LogP contribution in [0.1, 0.15) is 11.3 Å². The second-order valence-corrected chi connectivity index (χ2v) is 5.20. The van der Waals surface area contributed by atoms with Crippen LogP contribution >= 0.6 is 15.9 Å². The smallest absolute Gasteiger partial charge is 0.378 e. The molecular weight excluding hydrogens is 383 g/mol. The highest BCUT2D eigenvalue weighted by molar-refractivity contribution is 9.10. The number of nitro groups is 1. The van der Waals surface area contributed by atoms with Gasteiger partial charge in [0.25, 0.3) is 0 Å². The van der Waals surface area contributed by atoms with E-state index in [0.717, 1.165) is 12.3 Å². The maximum absolute atomic E-state index is 12.4. The van der Waals surface area contributed by atoms with Gasteiger partial charge in [0, 0.05) is 18.8 Å². The highest BCUT2D eigenvalue weighted by atomic mass is 79.9. The molecular formula is C12H9BrF3N5O2. The standard InChI is InChI=1S/C12H9BrF3N5O2/c13-9-3-7(10(21(22)23)11(17)20-9)18-4-6-1-2-8(19-5-6)12(14,15)16/h1-3,5H,4H2,(H3,17,18,20). The van der Waals surface area contributed by atoms with Crippen molar-refractivity contribution in [2.45, 2.75) is 12.7 Å². The molecule has 0 aromatic carbocycles. The van der Waals surface area contributed by atoms with Crippen molar-refractivity contribution in [3.8, 4) is 0 Å². The first-order valence-corrected chi connectivity index (χ1v) is 6.84. The highest BCUT2D eigenvalue weighted by Crippen LogP contribution is 2.32. The lowest BCUT2D eigenvalue weighted by Crippen LogP contribution is -2.09. The van der Waals surface area contributed by atoms with E-state index in [0.29, 0.717) is 5.56 Å². The van der Waals surface area contributed by atoms with E-state index in [9.17, 15) is 23.3 Å². The van der Waals surface area contributed by atoms with E-state index in [1.165, 1.54) is 12.1 Å². The van der Waals surface area contributed by atoms with Gasteiger partial charge >= 0.3 is 11.9 Å². The van der Waals surface area contributed by atoms with Crippen molar-refractivity contribution in [2.24, 2.45) is 0 Å². The van der Waals surface area contributed by atoms with Gasteiger partial charge in [0.1, 0.15) is 16.0 Å². The second-order valence-electron chi connectivity index (χ2n) is 4.39. The largest absolute Gasteiger partial charge is 0.433 e. The molecule has 0 spiro atoms. The lowest BCUT2D eigenvalue weighted by Gasteiger charge is -2.10. The summed E-state index contributed by atoms with van der Waals surface area (Å²) in [7, 11) is 0. The molecule has 0 saturated carbocycles. The van der Waals surface area contributed by atoms with Gasteiger partial charge in [0.15, 0.2) is 0 Å². The first kappa shape index (κ1) is 16.9. The molecule has 122 valence electrons. The Kier molecular flexibility index (Phi) is 4.68. The van der Waals surface area contributed by atoms with Crippen LogP contribution in [0.3, 0.4) is 0 Å². The van der Waals surface area contributed by atoms with E-state index in [4.69, 9.17) is 5.73 Å². The summed E-state index contributed by atoms with van der Waals surface area (Å²) >= 11 is 3.06. The molecule has 3 N–H and O–H groups in total. The number of hydrogen-bond donors (Lipinski definition) is 2. The maximum atomic E-state index is 12.4. The zero-order valence-electron chi connectivity index (χ0n) is 11.3. The minimum absolute atomic E-state index is 0.0296. The summed E-state index contributed by atoms with van der Waals surface area (Å²) in [5, 5.41) is 13.8. The lowest BCUT2D eigenvalue weighted by atomic mass is 10.2.